The van der Waals surface area contributed by atoms with Gasteiger partial charge in [0.2, 0.25) is 0 Å². The summed E-state index contributed by atoms with van der Waals surface area (Å²) < 4.78 is 0.832. The van der Waals surface area contributed by atoms with E-state index in [1.807, 2.05) is 6.07 Å². The number of rotatable bonds is 3. The maximum Gasteiger partial charge on any atom is 0.0931 e. The summed E-state index contributed by atoms with van der Waals surface area (Å²) in [5, 5.41) is 14.8. The highest BCUT2D eigenvalue weighted by Gasteiger charge is 2.33. The summed E-state index contributed by atoms with van der Waals surface area (Å²) in [6, 6.07) is 2.00. The van der Waals surface area contributed by atoms with Crippen molar-refractivity contribution in [1.82, 2.24) is 5.32 Å². The average Bonchev–Trinajstić information content (AvgIpc) is 2.77. The van der Waals surface area contributed by atoms with Crippen LogP contribution in [0.5, 0.6) is 0 Å². The number of thiophene rings is 1. The van der Waals surface area contributed by atoms with Gasteiger partial charge >= 0.3 is 0 Å². The third kappa shape index (κ3) is 2.11. The second-order valence-electron chi connectivity index (χ2n) is 4.02. The zero-order chi connectivity index (χ0) is 10.0. The summed E-state index contributed by atoms with van der Waals surface area (Å²) in [6.45, 7) is 2.18. The van der Waals surface area contributed by atoms with Crippen LogP contribution in [0.15, 0.2) is 11.4 Å². The van der Waals surface area contributed by atoms with Crippen molar-refractivity contribution in [3.8, 4) is 0 Å². The van der Waals surface area contributed by atoms with E-state index in [9.17, 15) is 5.11 Å². The van der Waals surface area contributed by atoms with Crippen molar-refractivity contribution < 1.29 is 5.11 Å². The summed E-state index contributed by atoms with van der Waals surface area (Å²) in [4.78, 5) is 0. The first kappa shape index (κ1) is 10.4. The van der Waals surface area contributed by atoms with Crippen molar-refractivity contribution in [3.05, 3.63) is 21.3 Å². The smallest absolute Gasteiger partial charge is 0.0931 e. The minimum Gasteiger partial charge on any atom is -0.396 e. The van der Waals surface area contributed by atoms with Gasteiger partial charge in [0, 0.05) is 12.0 Å². The van der Waals surface area contributed by atoms with Crippen molar-refractivity contribution >= 4 is 22.9 Å². The predicted molar refractivity (Wildman–Crippen MR) is 60.0 cm³/mol. The van der Waals surface area contributed by atoms with Gasteiger partial charge in [0.05, 0.1) is 10.9 Å². The fraction of sp³-hybridized carbons (Fsp3) is 0.600. The molecular formula is C10H14ClNOS. The Morgan fingerprint density at radius 1 is 1.64 bits per heavy atom. The van der Waals surface area contributed by atoms with Crippen LogP contribution in [0.1, 0.15) is 12.0 Å². The van der Waals surface area contributed by atoms with Gasteiger partial charge in [0.25, 0.3) is 0 Å². The molecule has 0 aliphatic carbocycles. The van der Waals surface area contributed by atoms with Gasteiger partial charge in [-0.15, -0.1) is 11.3 Å². The monoisotopic (exact) mass is 231 g/mol. The number of aliphatic hydroxyl groups excluding tert-OH is 1. The second kappa shape index (κ2) is 4.19. The summed E-state index contributed by atoms with van der Waals surface area (Å²) in [7, 11) is 0. The molecule has 0 amide bonds. The van der Waals surface area contributed by atoms with E-state index in [0.29, 0.717) is 0 Å². The van der Waals surface area contributed by atoms with Crippen LogP contribution in [-0.2, 0) is 6.42 Å². The first-order valence-corrected chi connectivity index (χ1v) is 6.04. The lowest BCUT2D eigenvalue weighted by Gasteiger charge is -2.24. The molecule has 1 aromatic rings. The van der Waals surface area contributed by atoms with Gasteiger partial charge in [-0.25, -0.2) is 0 Å². The highest BCUT2D eigenvalue weighted by molar-refractivity contribution is 7.14. The molecule has 1 saturated heterocycles. The molecule has 1 atom stereocenters. The van der Waals surface area contributed by atoms with E-state index in [1.165, 1.54) is 5.56 Å². The van der Waals surface area contributed by atoms with E-state index in [1.54, 1.807) is 11.3 Å². The van der Waals surface area contributed by atoms with Crippen molar-refractivity contribution in [2.75, 3.05) is 19.7 Å². The van der Waals surface area contributed by atoms with E-state index < -0.39 is 0 Å². The Hall–Kier alpha value is -0.0900. The molecule has 2 heterocycles. The number of hydrogen-bond acceptors (Lipinski definition) is 3. The minimum absolute atomic E-state index is 0.0460. The Bertz CT molecular complexity index is 307. The van der Waals surface area contributed by atoms with Crippen LogP contribution in [0, 0.1) is 5.41 Å². The Morgan fingerprint density at radius 2 is 2.50 bits per heavy atom. The molecule has 1 aliphatic rings. The normalized spacial score (nSPS) is 27.0. The lowest BCUT2D eigenvalue weighted by atomic mass is 9.82. The fourth-order valence-corrected chi connectivity index (χ4v) is 2.92. The van der Waals surface area contributed by atoms with Gasteiger partial charge in [-0.05, 0) is 36.4 Å². The molecule has 2 N–H and O–H groups in total. The quantitative estimate of drug-likeness (QED) is 0.833. The van der Waals surface area contributed by atoms with Crippen LogP contribution < -0.4 is 5.32 Å². The standard InChI is InChI=1S/C10H14ClNOS/c11-9-3-8(5-14-9)4-10(7-13)1-2-12-6-10/h3,5,12-13H,1-2,4,6-7H2. The lowest BCUT2D eigenvalue weighted by molar-refractivity contribution is 0.143. The maximum absolute atomic E-state index is 9.42. The van der Waals surface area contributed by atoms with Gasteiger partial charge in [0.15, 0.2) is 0 Å². The van der Waals surface area contributed by atoms with Crippen LogP contribution >= 0.6 is 22.9 Å². The zero-order valence-corrected chi connectivity index (χ0v) is 9.50. The molecule has 0 spiro atoms. The van der Waals surface area contributed by atoms with Gasteiger partial charge in [-0.1, -0.05) is 11.6 Å². The molecule has 2 nitrogen and oxygen atoms in total. The van der Waals surface area contributed by atoms with Crippen LogP contribution in [0.2, 0.25) is 4.34 Å². The molecule has 14 heavy (non-hydrogen) atoms. The van der Waals surface area contributed by atoms with Crippen molar-refractivity contribution in [3.63, 3.8) is 0 Å². The third-order valence-electron chi connectivity index (χ3n) is 2.87. The van der Waals surface area contributed by atoms with Gasteiger partial charge in [-0.3, -0.25) is 0 Å². The van der Waals surface area contributed by atoms with E-state index in [-0.39, 0.29) is 12.0 Å². The summed E-state index contributed by atoms with van der Waals surface area (Å²) in [5.74, 6) is 0. The largest absolute Gasteiger partial charge is 0.396 e. The Morgan fingerprint density at radius 3 is 3.00 bits per heavy atom. The van der Waals surface area contributed by atoms with E-state index in [4.69, 9.17) is 11.6 Å². The molecule has 4 heteroatoms. The molecule has 1 aromatic heterocycles. The van der Waals surface area contributed by atoms with Crippen molar-refractivity contribution in [2.24, 2.45) is 5.41 Å². The molecule has 0 aromatic carbocycles. The Labute approximate surface area is 92.9 Å². The van der Waals surface area contributed by atoms with Crippen molar-refractivity contribution in [1.29, 1.82) is 0 Å². The predicted octanol–water partition coefficient (Wildman–Crippen LogP) is 1.92. The molecule has 78 valence electrons. The van der Waals surface area contributed by atoms with Crippen LogP contribution in [0.25, 0.3) is 0 Å². The lowest BCUT2D eigenvalue weighted by Crippen LogP contribution is -2.30. The summed E-state index contributed by atoms with van der Waals surface area (Å²) in [5.41, 5.74) is 1.29. The number of aliphatic hydroxyl groups is 1. The van der Waals surface area contributed by atoms with Crippen molar-refractivity contribution in [2.45, 2.75) is 12.8 Å². The highest BCUT2D eigenvalue weighted by atomic mass is 35.5. The summed E-state index contributed by atoms with van der Waals surface area (Å²) >= 11 is 7.44. The molecule has 1 aliphatic heterocycles. The topological polar surface area (TPSA) is 32.3 Å². The third-order valence-corrected chi connectivity index (χ3v) is 4.01. The minimum atomic E-state index is 0.0460. The van der Waals surface area contributed by atoms with E-state index in [2.05, 4.69) is 10.7 Å². The maximum atomic E-state index is 9.42. The van der Waals surface area contributed by atoms with Crippen LogP contribution in [-0.4, -0.2) is 24.8 Å². The zero-order valence-electron chi connectivity index (χ0n) is 7.92. The second-order valence-corrected chi connectivity index (χ2v) is 5.56. The first-order valence-electron chi connectivity index (χ1n) is 4.79. The average molecular weight is 232 g/mol. The SMILES string of the molecule is OCC1(Cc2csc(Cl)c2)CCNC1. The fourth-order valence-electron chi connectivity index (χ4n) is 2.01. The Balaban J connectivity index is 2.08. The molecule has 1 unspecified atom stereocenters. The van der Waals surface area contributed by atoms with Gasteiger partial charge in [0.1, 0.15) is 0 Å². The first-order chi connectivity index (χ1) is 6.74. The molecule has 1 fully saturated rings. The van der Waals surface area contributed by atoms with Crippen LogP contribution in [0.4, 0.5) is 0 Å². The van der Waals surface area contributed by atoms with Gasteiger partial charge in [-0.2, -0.15) is 0 Å². The number of halogens is 1. The van der Waals surface area contributed by atoms with E-state index >= 15 is 0 Å². The number of hydrogen-bond donors (Lipinski definition) is 2. The molecule has 0 bridgehead atoms. The Kier molecular flexibility index (Phi) is 3.12. The van der Waals surface area contributed by atoms with E-state index in [0.717, 1.165) is 30.3 Å². The van der Waals surface area contributed by atoms with Gasteiger partial charge < -0.3 is 10.4 Å². The van der Waals surface area contributed by atoms with Crippen LogP contribution in [0.3, 0.4) is 0 Å². The molecule has 0 saturated carbocycles. The molecule has 0 radical (unpaired) electrons. The molecular weight excluding hydrogens is 218 g/mol. The molecule has 2 rings (SSSR count). The summed E-state index contributed by atoms with van der Waals surface area (Å²) in [6.07, 6.45) is 1.98. The number of nitrogens with one attached hydrogen (secondary N) is 1. The highest BCUT2D eigenvalue weighted by Crippen LogP contribution is 2.32.